The Bertz CT molecular complexity index is 525. The number of benzene rings is 1. The fraction of sp³-hybridized carbons (Fsp3) is 0.632. The van der Waals surface area contributed by atoms with Crippen molar-refractivity contribution in [2.45, 2.75) is 58.0 Å². The maximum absolute atomic E-state index is 6.05. The van der Waals surface area contributed by atoms with Gasteiger partial charge >= 0.3 is 0 Å². The lowest BCUT2D eigenvalue weighted by atomic mass is 9.96. The first-order chi connectivity index (χ1) is 11.7. The second-order valence-corrected chi connectivity index (χ2v) is 6.49. The van der Waals surface area contributed by atoms with Gasteiger partial charge in [-0.15, -0.1) is 0 Å². The molecule has 134 valence electrons. The Balaban J connectivity index is 1.90. The number of methoxy groups -OCH3 is 1. The van der Waals surface area contributed by atoms with E-state index in [0.29, 0.717) is 31.8 Å². The minimum Gasteiger partial charge on any atom is -0.493 e. The highest BCUT2D eigenvalue weighted by atomic mass is 16.5. The lowest BCUT2D eigenvalue weighted by Gasteiger charge is -2.23. The van der Waals surface area contributed by atoms with Crippen molar-refractivity contribution in [1.29, 1.82) is 0 Å². The average Bonchev–Trinajstić information content (AvgIpc) is 2.59. The maximum Gasteiger partial charge on any atom is 0.189 e. The third-order valence-corrected chi connectivity index (χ3v) is 4.35. The van der Waals surface area contributed by atoms with Crippen LogP contribution in [0.2, 0.25) is 0 Å². The minimum atomic E-state index is 0.477. The minimum absolute atomic E-state index is 0.477. The van der Waals surface area contributed by atoms with Crippen molar-refractivity contribution >= 4 is 5.96 Å². The van der Waals surface area contributed by atoms with Crippen molar-refractivity contribution in [2.75, 3.05) is 20.3 Å². The first kappa shape index (κ1) is 18.6. The molecule has 1 aromatic rings. The first-order valence-corrected chi connectivity index (χ1v) is 8.96. The molecule has 1 aliphatic carbocycles. The molecule has 1 fully saturated rings. The number of guanidine groups is 1. The molecule has 0 spiro atoms. The number of nitrogens with one attached hydrogen (secondary N) is 1. The normalized spacial score (nSPS) is 16.2. The van der Waals surface area contributed by atoms with Gasteiger partial charge in [0.15, 0.2) is 5.96 Å². The molecule has 5 nitrogen and oxygen atoms in total. The number of nitrogens with two attached hydrogens (primary N) is 1. The Morgan fingerprint density at radius 1 is 1.25 bits per heavy atom. The van der Waals surface area contributed by atoms with Crippen LogP contribution in [0.5, 0.6) is 5.75 Å². The van der Waals surface area contributed by atoms with E-state index in [2.05, 4.69) is 35.4 Å². The molecule has 2 rings (SSSR count). The van der Waals surface area contributed by atoms with Crippen LogP contribution in [0, 0.1) is 6.92 Å². The number of rotatable bonds is 8. The molecule has 5 heteroatoms. The number of nitrogens with zero attached hydrogens (tertiary/aromatic N) is 1. The van der Waals surface area contributed by atoms with Gasteiger partial charge in [0.25, 0.3) is 0 Å². The Hall–Kier alpha value is -1.75. The van der Waals surface area contributed by atoms with Crippen LogP contribution >= 0.6 is 0 Å². The van der Waals surface area contributed by atoms with Gasteiger partial charge in [-0.25, -0.2) is 4.99 Å². The Morgan fingerprint density at radius 3 is 2.79 bits per heavy atom. The SMILES string of the molecule is COCCCOc1cc(C)ccc1CN=C(N)NC1CCCCC1. The smallest absolute Gasteiger partial charge is 0.189 e. The fourth-order valence-electron chi connectivity index (χ4n) is 2.98. The number of ether oxygens (including phenoxy) is 2. The number of hydrogen-bond acceptors (Lipinski definition) is 3. The molecule has 1 aliphatic rings. The lowest BCUT2D eigenvalue weighted by Crippen LogP contribution is -2.41. The number of hydrogen-bond donors (Lipinski definition) is 2. The van der Waals surface area contributed by atoms with E-state index in [1.807, 2.05) is 0 Å². The van der Waals surface area contributed by atoms with E-state index in [4.69, 9.17) is 15.2 Å². The third-order valence-electron chi connectivity index (χ3n) is 4.35. The van der Waals surface area contributed by atoms with Gasteiger partial charge < -0.3 is 20.5 Å². The quantitative estimate of drug-likeness (QED) is 0.436. The summed E-state index contributed by atoms with van der Waals surface area (Å²) in [6, 6.07) is 6.68. The zero-order valence-corrected chi connectivity index (χ0v) is 15.0. The van der Waals surface area contributed by atoms with Crippen molar-refractivity contribution < 1.29 is 9.47 Å². The standard InChI is InChI=1S/C19H31N3O2/c1-15-9-10-16(18(13-15)24-12-6-11-23-2)14-21-19(20)22-17-7-4-3-5-8-17/h9-10,13,17H,3-8,11-12,14H2,1-2H3,(H3,20,21,22). The number of aliphatic imine (C=N–C) groups is 1. The summed E-state index contributed by atoms with van der Waals surface area (Å²) in [4.78, 5) is 4.50. The van der Waals surface area contributed by atoms with Crippen LogP contribution in [0.4, 0.5) is 0 Å². The predicted molar refractivity (Wildman–Crippen MR) is 98.5 cm³/mol. The summed E-state index contributed by atoms with van der Waals surface area (Å²) in [5.74, 6) is 1.42. The van der Waals surface area contributed by atoms with Crippen LogP contribution in [-0.4, -0.2) is 32.3 Å². The number of aryl methyl sites for hydroxylation is 1. The van der Waals surface area contributed by atoms with E-state index in [1.165, 1.54) is 37.7 Å². The zero-order chi connectivity index (χ0) is 17.2. The van der Waals surface area contributed by atoms with E-state index in [0.717, 1.165) is 17.7 Å². The maximum atomic E-state index is 6.05. The summed E-state index contributed by atoms with van der Waals surface area (Å²) in [5.41, 5.74) is 8.29. The van der Waals surface area contributed by atoms with E-state index in [-0.39, 0.29) is 0 Å². The summed E-state index contributed by atoms with van der Waals surface area (Å²) in [7, 11) is 1.70. The molecule has 0 radical (unpaired) electrons. The molecular formula is C19H31N3O2. The van der Waals surface area contributed by atoms with Gasteiger partial charge in [-0.3, -0.25) is 0 Å². The Kier molecular flexibility index (Phi) is 7.89. The van der Waals surface area contributed by atoms with Gasteiger partial charge in [-0.2, -0.15) is 0 Å². The van der Waals surface area contributed by atoms with Gasteiger partial charge in [0.1, 0.15) is 5.75 Å². The van der Waals surface area contributed by atoms with Gasteiger partial charge in [0, 0.05) is 31.7 Å². The molecule has 0 atom stereocenters. The van der Waals surface area contributed by atoms with Crippen LogP contribution < -0.4 is 15.8 Å². The lowest BCUT2D eigenvalue weighted by molar-refractivity contribution is 0.172. The predicted octanol–water partition coefficient (Wildman–Crippen LogP) is 3.15. The average molecular weight is 333 g/mol. The van der Waals surface area contributed by atoms with E-state index < -0.39 is 0 Å². The molecule has 3 N–H and O–H groups in total. The van der Waals surface area contributed by atoms with Crippen molar-refractivity contribution in [3.8, 4) is 5.75 Å². The first-order valence-electron chi connectivity index (χ1n) is 8.96. The third kappa shape index (κ3) is 6.40. The molecule has 24 heavy (non-hydrogen) atoms. The molecule has 0 bridgehead atoms. The van der Waals surface area contributed by atoms with Crippen molar-refractivity contribution in [2.24, 2.45) is 10.7 Å². The van der Waals surface area contributed by atoms with Gasteiger partial charge in [0.2, 0.25) is 0 Å². The summed E-state index contributed by atoms with van der Waals surface area (Å²) in [5, 5.41) is 3.35. The van der Waals surface area contributed by atoms with E-state index in [9.17, 15) is 0 Å². The molecule has 0 unspecified atom stereocenters. The summed E-state index contributed by atoms with van der Waals surface area (Å²) >= 11 is 0. The monoisotopic (exact) mass is 333 g/mol. The summed E-state index contributed by atoms with van der Waals surface area (Å²) in [6.07, 6.45) is 7.15. The fourth-order valence-corrected chi connectivity index (χ4v) is 2.98. The highest BCUT2D eigenvalue weighted by Gasteiger charge is 2.13. The summed E-state index contributed by atoms with van der Waals surface area (Å²) in [6.45, 7) is 3.95. The van der Waals surface area contributed by atoms with Crippen molar-refractivity contribution in [1.82, 2.24) is 5.32 Å². The summed E-state index contributed by atoms with van der Waals surface area (Å²) < 4.78 is 11.0. The molecule has 0 aliphatic heterocycles. The van der Waals surface area contributed by atoms with Crippen LogP contribution in [0.3, 0.4) is 0 Å². The molecule has 0 heterocycles. The van der Waals surface area contributed by atoms with Crippen LogP contribution in [0.25, 0.3) is 0 Å². The topological polar surface area (TPSA) is 68.9 Å². The Labute approximate surface area is 145 Å². The molecule has 1 saturated carbocycles. The van der Waals surface area contributed by atoms with Crippen molar-refractivity contribution in [3.63, 3.8) is 0 Å². The molecule has 1 aromatic carbocycles. The van der Waals surface area contributed by atoms with Crippen LogP contribution in [0.15, 0.2) is 23.2 Å². The molecule has 0 saturated heterocycles. The van der Waals surface area contributed by atoms with Crippen LogP contribution in [-0.2, 0) is 11.3 Å². The highest BCUT2D eigenvalue weighted by Crippen LogP contribution is 2.22. The second kappa shape index (κ2) is 10.2. The largest absolute Gasteiger partial charge is 0.493 e. The molecule has 0 amide bonds. The van der Waals surface area contributed by atoms with Gasteiger partial charge in [0.05, 0.1) is 13.2 Å². The van der Waals surface area contributed by atoms with Crippen LogP contribution in [0.1, 0.15) is 49.7 Å². The molecular weight excluding hydrogens is 302 g/mol. The highest BCUT2D eigenvalue weighted by molar-refractivity contribution is 5.78. The molecule has 0 aromatic heterocycles. The zero-order valence-electron chi connectivity index (χ0n) is 15.0. The van der Waals surface area contributed by atoms with Gasteiger partial charge in [-0.05, 0) is 31.4 Å². The van der Waals surface area contributed by atoms with Gasteiger partial charge in [-0.1, -0.05) is 31.4 Å². The second-order valence-electron chi connectivity index (χ2n) is 6.49. The van der Waals surface area contributed by atoms with Crippen molar-refractivity contribution in [3.05, 3.63) is 29.3 Å². The Morgan fingerprint density at radius 2 is 2.04 bits per heavy atom. The van der Waals surface area contributed by atoms with E-state index >= 15 is 0 Å². The van der Waals surface area contributed by atoms with E-state index in [1.54, 1.807) is 7.11 Å².